The molecule has 0 saturated heterocycles. The van der Waals surface area contributed by atoms with Gasteiger partial charge in [-0.1, -0.05) is 25.1 Å². The molecule has 152 valence electrons. The fraction of sp³-hybridized carbons (Fsp3) is 0.429. The minimum atomic E-state index is -0.861. The standard InChI is InChI=1S/C21H28N2O5/c1-4-19(24)16(17(13-27-2)21(26)28-3)11-20(25)22-10-9-14-12-23-18-8-6-5-7-15(14)18/h5-8,12-13,16,19,23-24H,4,9-11H2,1-3H3,(H,22,25)/b17-13+/t16-,19-/m1/s1. The van der Waals surface area contributed by atoms with Crippen molar-refractivity contribution in [1.29, 1.82) is 0 Å². The van der Waals surface area contributed by atoms with Crippen LogP contribution in [0.2, 0.25) is 0 Å². The molecule has 2 atom stereocenters. The lowest BCUT2D eigenvalue weighted by molar-refractivity contribution is -0.137. The molecule has 1 heterocycles. The Morgan fingerprint density at radius 3 is 2.71 bits per heavy atom. The summed E-state index contributed by atoms with van der Waals surface area (Å²) in [5.41, 5.74) is 2.32. The molecule has 0 aliphatic heterocycles. The van der Waals surface area contributed by atoms with Gasteiger partial charge < -0.3 is 24.9 Å². The number of fused-ring (bicyclic) bond motifs is 1. The van der Waals surface area contributed by atoms with Crippen molar-refractivity contribution in [1.82, 2.24) is 10.3 Å². The van der Waals surface area contributed by atoms with Gasteiger partial charge in [-0.15, -0.1) is 0 Å². The Bertz CT molecular complexity index is 827. The van der Waals surface area contributed by atoms with Gasteiger partial charge in [-0.05, 0) is 24.5 Å². The van der Waals surface area contributed by atoms with Crippen LogP contribution >= 0.6 is 0 Å². The van der Waals surface area contributed by atoms with Gasteiger partial charge in [-0.2, -0.15) is 0 Å². The lowest BCUT2D eigenvalue weighted by Gasteiger charge is -2.22. The third-order valence-corrected chi connectivity index (χ3v) is 4.74. The van der Waals surface area contributed by atoms with Crippen LogP contribution in [0.4, 0.5) is 0 Å². The smallest absolute Gasteiger partial charge is 0.337 e. The summed E-state index contributed by atoms with van der Waals surface area (Å²) >= 11 is 0. The number of hydrogen-bond acceptors (Lipinski definition) is 5. The minimum absolute atomic E-state index is 0.0345. The van der Waals surface area contributed by atoms with Crippen molar-refractivity contribution < 1.29 is 24.2 Å². The SMILES string of the molecule is CC[C@@H](O)[C@H](CC(=O)NCCc1c[nH]c2ccccc12)/C(=C\OC)C(=O)OC. The quantitative estimate of drug-likeness (QED) is 0.329. The number of nitrogens with one attached hydrogen (secondary N) is 2. The fourth-order valence-electron chi connectivity index (χ4n) is 3.22. The molecule has 2 aromatic rings. The Balaban J connectivity index is 1.99. The van der Waals surface area contributed by atoms with Crippen molar-refractivity contribution in [3.05, 3.63) is 47.9 Å². The summed E-state index contributed by atoms with van der Waals surface area (Å²) in [5.74, 6) is -1.57. The molecule has 0 fully saturated rings. The van der Waals surface area contributed by atoms with Crippen LogP contribution in [0, 0.1) is 5.92 Å². The summed E-state index contributed by atoms with van der Waals surface area (Å²) < 4.78 is 9.71. The summed E-state index contributed by atoms with van der Waals surface area (Å²) in [7, 11) is 2.65. The number of aromatic nitrogens is 1. The number of rotatable bonds is 10. The maximum absolute atomic E-state index is 12.4. The summed E-state index contributed by atoms with van der Waals surface area (Å²) in [6, 6.07) is 7.99. The van der Waals surface area contributed by atoms with E-state index in [0.29, 0.717) is 19.4 Å². The highest BCUT2D eigenvalue weighted by Gasteiger charge is 2.30. The molecule has 1 amide bonds. The van der Waals surface area contributed by atoms with Crippen LogP contribution < -0.4 is 5.32 Å². The van der Waals surface area contributed by atoms with Crippen molar-refractivity contribution in [3.63, 3.8) is 0 Å². The highest BCUT2D eigenvalue weighted by atomic mass is 16.5. The third kappa shape index (κ3) is 5.36. The Kier molecular flexibility index (Phi) is 8.07. The number of benzene rings is 1. The predicted octanol–water partition coefficient (Wildman–Crippen LogP) is 2.31. The summed E-state index contributed by atoms with van der Waals surface area (Å²) in [5, 5.41) is 14.3. The Hall–Kier alpha value is -2.80. The largest absolute Gasteiger partial charge is 0.504 e. The van der Waals surface area contributed by atoms with Crippen molar-refractivity contribution in [2.45, 2.75) is 32.3 Å². The van der Waals surface area contributed by atoms with Crippen LogP contribution in [0.15, 0.2) is 42.3 Å². The number of ether oxygens (including phenoxy) is 2. The van der Waals surface area contributed by atoms with Crippen LogP contribution in [0.5, 0.6) is 0 Å². The molecule has 0 aliphatic rings. The molecule has 7 nitrogen and oxygen atoms in total. The van der Waals surface area contributed by atoms with Crippen molar-refractivity contribution in [3.8, 4) is 0 Å². The number of esters is 1. The average molecular weight is 388 g/mol. The molecular formula is C21H28N2O5. The molecular weight excluding hydrogens is 360 g/mol. The van der Waals surface area contributed by atoms with Crippen molar-refractivity contribution in [2.24, 2.45) is 5.92 Å². The Morgan fingerprint density at radius 1 is 1.29 bits per heavy atom. The van der Waals surface area contributed by atoms with E-state index in [4.69, 9.17) is 9.47 Å². The van der Waals surface area contributed by atoms with Crippen molar-refractivity contribution >= 4 is 22.8 Å². The van der Waals surface area contributed by atoms with Crippen LogP contribution in [-0.4, -0.2) is 48.8 Å². The molecule has 0 unspecified atom stereocenters. The first-order chi connectivity index (χ1) is 13.5. The number of aliphatic hydroxyl groups is 1. The highest BCUT2D eigenvalue weighted by molar-refractivity contribution is 5.90. The van der Waals surface area contributed by atoms with Gasteiger partial charge in [0.25, 0.3) is 0 Å². The second-order valence-electron chi connectivity index (χ2n) is 6.55. The minimum Gasteiger partial charge on any atom is -0.504 e. The number of aliphatic hydroxyl groups excluding tert-OH is 1. The summed E-state index contributed by atoms with van der Waals surface area (Å²) in [6.07, 6.45) is 3.35. The zero-order valence-electron chi connectivity index (χ0n) is 16.5. The first kappa shape index (κ1) is 21.5. The number of methoxy groups -OCH3 is 2. The number of amides is 1. The molecule has 7 heteroatoms. The van der Waals surface area contributed by atoms with E-state index in [0.717, 1.165) is 16.5 Å². The molecule has 0 aliphatic carbocycles. The van der Waals surface area contributed by atoms with Crippen LogP contribution in [-0.2, 0) is 25.5 Å². The summed E-state index contributed by atoms with van der Waals surface area (Å²) in [6.45, 7) is 2.24. The number of hydrogen-bond donors (Lipinski definition) is 3. The van der Waals surface area contributed by atoms with Gasteiger partial charge in [0.05, 0.1) is 32.2 Å². The monoisotopic (exact) mass is 388 g/mol. The van der Waals surface area contributed by atoms with E-state index in [1.165, 1.54) is 20.5 Å². The van der Waals surface area contributed by atoms with Crippen molar-refractivity contribution in [2.75, 3.05) is 20.8 Å². The average Bonchev–Trinajstić information content (AvgIpc) is 3.12. The molecule has 0 spiro atoms. The fourth-order valence-corrected chi connectivity index (χ4v) is 3.22. The molecule has 3 N–H and O–H groups in total. The number of carbonyl (C=O) groups excluding carboxylic acids is 2. The second-order valence-corrected chi connectivity index (χ2v) is 6.55. The zero-order chi connectivity index (χ0) is 20.5. The van der Waals surface area contributed by atoms with E-state index in [-0.39, 0.29) is 17.9 Å². The second kappa shape index (κ2) is 10.5. The maximum atomic E-state index is 12.4. The topological polar surface area (TPSA) is 101 Å². The third-order valence-electron chi connectivity index (χ3n) is 4.74. The van der Waals surface area contributed by atoms with Crippen LogP contribution in [0.3, 0.4) is 0 Å². The first-order valence-electron chi connectivity index (χ1n) is 9.32. The lowest BCUT2D eigenvalue weighted by Crippen LogP contribution is -2.34. The predicted molar refractivity (Wildman–Crippen MR) is 107 cm³/mol. The highest BCUT2D eigenvalue weighted by Crippen LogP contribution is 2.23. The molecule has 28 heavy (non-hydrogen) atoms. The molecule has 1 aromatic carbocycles. The molecule has 0 bridgehead atoms. The number of para-hydroxylation sites is 1. The van der Waals surface area contributed by atoms with E-state index >= 15 is 0 Å². The van der Waals surface area contributed by atoms with Gasteiger partial charge in [0.1, 0.15) is 0 Å². The van der Waals surface area contributed by atoms with E-state index < -0.39 is 18.0 Å². The van der Waals surface area contributed by atoms with Gasteiger partial charge in [0.2, 0.25) is 5.91 Å². The number of carbonyl (C=O) groups is 2. The molecule has 0 radical (unpaired) electrons. The van der Waals surface area contributed by atoms with Crippen LogP contribution in [0.25, 0.3) is 10.9 Å². The first-order valence-corrected chi connectivity index (χ1v) is 9.32. The van der Waals surface area contributed by atoms with Crippen LogP contribution in [0.1, 0.15) is 25.3 Å². The van der Waals surface area contributed by atoms with E-state index in [1.807, 2.05) is 30.5 Å². The van der Waals surface area contributed by atoms with Gasteiger partial charge in [0.15, 0.2) is 0 Å². The number of aromatic amines is 1. The Morgan fingerprint density at radius 2 is 2.04 bits per heavy atom. The van der Waals surface area contributed by atoms with Gasteiger partial charge in [-0.3, -0.25) is 4.79 Å². The number of H-pyrrole nitrogens is 1. The molecule has 2 rings (SSSR count). The van der Waals surface area contributed by atoms with E-state index in [1.54, 1.807) is 6.92 Å². The molecule has 1 aromatic heterocycles. The lowest BCUT2D eigenvalue weighted by atomic mass is 9.89. The normalized spacial score (nSPS) is 13.8. The van der Waals surface area contributed by atoms with E-state index in [9.17, 15) is 14.7 Å². The molecule has 0 saturated carbocycles. The van der Waals surface area contributed by atoms with Gasteiger partial charge >= 0.3 is 5.97 Å². The summed E-state index contributed by atoms with van der Waals surface area (Å²) in [4.78, 5) is 27.7. The Labute approximate surface area is 164 Å². The van der Waals surface area contributed by atoms with Gasteiger partial charge in [-0.25, -0.2) is 4.79 Å². The maximum Gasteiger partial charge on any atom is 0.337 e. The zero-order valence-corrected chi connectivity index (χ0v) is 16.5. The van der Waals surface area contributed by atoms with E-state index in [2.05, 4.69) is 10.3 Å². The van der Waals surface area contributed by atoms with Gasteiger partial charge in [0, 0.05) is 36.0 Å².